The molecule has 0 N–H and O–H groups in total. The molecule has 5 nitrogen and oxygen atoms in total. The van der Waals surface area contributed by atoms with E-state index in [1.54, 1.807) is 12.1 Å². The van der Waals surface area contributed by atoms with Crippen LogP contribution in [-0.4, -0.2) is 24.5 Å². The summed E-state index contributed by atoms with van der Waals surface area (Å²) in [7, 11) is -2.27. The first kappa shape index (κ1) is 17.2. The highest BCUT2D eigenvalue weighted by Gasteiger charge is 2.34. The SMILES string of the molecule is Cn1nc(C(F)(F)F)cc1-c1ccc(/C=C(\C#N)S(C)(=O)=O)s1. The number of allylic oxidation sites excluding steroid dienone is 1. The van der Waals surface area contributed by atoms with Gasteiger partial charge in [-0.2, -0.15) is 23.5 Å². The van der Waals surface area contributed by atoms with Crippen molar-refractivity contribution in [3.05, 3.63) is 33.7 Å². The Kier molecular flexibility index (Phi) is 4.37. The van der Waals surface area contributed by atoms with Gasteiger partial charge in [-0.15, -0.1) is 11.3 Å². The summed E-state index contributed by atoms with van der Waals surface area (Å²) in [6.45, 7) is 0. The van der Waals surface area contributed by atoms with Crippen molar-refractivity contribution in [2.45, 2.75) is 6.18 Å². The number of halogens is 3. The molecule has 2 aromatic heterocycles. The molecule has 0 spiro atoms. The van der Waals surface area contributed by atoms with E-state index in [1.165, 1.54) is 19.2 Å². The van der Waals surface area contributed by atoms with Crippen LogP contribution in [0.25, 0.3) is 16.6 Å². The van der Waals surface area contributed by atoms with Crippen LogP contribution in [0.15, 0.2) is 23.1 Å². The van der Waals surface area contributed by atoms with Crippen molar-refractivity contribution in [2.75, 3.05) is 6.26 Å². The van der Waals surface area contributed by atoms with Gasteiger partial charge in [0.2, 0.25) is 0 Å². The number of hydrogen-bond donors (Lipinski definition) is 0. The van der Waals surface area contributed by atoms with E-state index in [0.717, 1.165) is 28.3 Å². The van der Waals surface area contributed by atoms with Crippen molar-refractivity contribution in [1.29, 1.82) is 5.26 Å². The van der Waals surface area contributed by atoms with E-state index >= 15 is 0 Å². The highest BCUT2D eigenvalue weighted by molar-refractivity contribution is 7.95. The quantitative estimate of drug-likeness (QED) is 0.788. The Labute approximate surface area is 134 Å². The summed E-state index contributed by atoms with van der Waals surface area (Å²) in [6, 6.07) is 5.58. The van der Waals surface area contributed by atoms with Gasteiger partial charge in [0.05, 0.1) is 10.6 Å². The van der Waals surface area contributed by atoms with Gasteiger partial charge in [0, 0.05) is 18.2 Å². The van der Waals surface area contributed by atoms with E-state index in [1.807, 2.05) is 0 Å². The van der Waals surface area contributed by atoms with E-state index in [4.69, 9.17) is 5.26 Å². The van der Waals surface area contributed by atoms with Gasteiger partial charge in [-0.05, 0) is 24.3 Å². The van der Waals surface area contributed by atoms with E-state index in [0.29, 0.717) is 9.75 Å². The van der Waals surface area contributed by atoms with Gasteiger partial charge in [-0.3, -0.25) is 4.68 Å². The van der Waals surface area contributed by atoms with Gasteiger partial charge in [-0.25, -0.2) is 8.42 Å². The lowest BCUT2D eigenvalue weighted by atomic mass is 10.3. The number of nitriles is 1. The number of sulfone groups is 1. The first-order valence-electron chi connectivity index (χ1n) is 6.05. The van der Waals surface area contributed by atoms with Gasteiger partial charge in [0.1, 0.15) is 11.0 Å². The number of thiophene rings is 1. The molecule has 0 saturated heterocycles. The van der Waals surface area contributed by atoms with Crippen LogP contribution in [-0.2, 0) is 23.1 Å². The van der Waals surface area contributed by atoms with Crippen LogP contribution < -0.4 is 0 Å². The normalized spacial score (nSPS) is 13.1. The molecular formula is C13H10F3N3O2S2. The molecule has 0 fully saturated rings. The van der Waals surface area contributed by atoms with Crippen molar-refractivity contribution in [2.24, 2.45) is 7.05 Å². The second kappa shape index (κ2) is 5.82. The summed E-state index contributed by atoms with van der Waals surface area (Å²) in [6.07, 6.45) is -2.45. The van der Waals surface area contributed by atoms with Crippen molar-refractivity contribution in [3.63, 3.8) is 0 Å². The van der Waals surface area contributed by atoms with Gasteiger partial charge in [0.25, 0.3) is 0 Å². The lowest BCUT2D eigenvalue weighted by Crippen LogP contribution is -2.06. The monoisotopic (exact) mass is 361 g/mol. The van der Waals surface area contributed by atoms with Crippen molar-refractivity contribution in [1.82, 2.24) is 9.78 Å². The summed E-state index contributed by atoms with van der Waals surface area (Å²) in [5.74, 6) is 0. The van der Waals surface area contributed by atoms with Crippen molar-refractivity contribution >= 4 is 27.3 Å². The maximum atomic E-state index is 12.7. The molecule has 0 unspecified atom stereocenters. The van der Waals surface area contributed by atoms with Crippen LogP contribution in [0.5, 0.6) is 0 Å². The fourth-order valence-corrected chi connectivity index (χ4v) is 3.34. The third-order valence-electron chi connectivity index (χ3n) is 2.83. The van der Waals surface area contributed by atoms with Gasteiger partial charge < -0.3 is 0 Å². The molecule has 2 heterocycles. The molecule has 2 aromatic rings. The van der Waals surface area contributed by atoms with Gasteiger partial charge in [-0.1, -0.05) is 0 Å². The Morgan fingerprint density at radius 3 is 2.57 bits per heavy atom. The standard InChI is InChI=1S/C13H10F3N3O2S2/c1-19-10(6-12(18-19)13(14,15)16)11-4-3-8(22-11)5-9(7-17)23(2,20)21/h3-6H,1-2H3/b9-5+. The number of aromatic nitrogens is 2. The average molecular weight is 361 g/mol. The zero-order chi connectivity index (χ0) is 17.4. The zero-order valence-corrected chi connectivity index (χ0v) is 13.6. The molecule has 0 amide bonds. The number of rotatable bonds is 3. The predicted octanol–water partition coefficient (Wildman–Crippen LogP) is 3.08. The zero-order valence-electron chi connectivity index (χ0n) is 11.9. The fourth-order valence-electron chi connectivity index (χ4n) is 1.76. The van der Waals surface area contributed by atoms with Crippen LogP contribution in [0.2, 0.25) is 0 Å². The van der Waals surface area contributed by atoms with E-state index in [2.05, 4.69) is 5.10 Å². The van der Waals surface area contributed by atoms with Crippen LogP contribution >= 0.6 is 11.3 Å². The molecule has 0 aliphatic heterocycles. The number of hydrogen-bond acceptors (Lipinski definition) is 5. The van der Waals surface area contributed by atoms with E-state index in [-0.39, 0.29) is 5.69 Å². The van der Waals surface area contributed by atoms with Crippen molar-refractivity contribution < 1.29 is 21.6 Å². The first-order valence-corrected chi connectivity index (χ1v) is 8.76. The molecule has 10 heteroatoms. The minimum atomic E-state index is -4.54. The molecule has 0 radical (unpaired) electrons. The summed E-state index contributed by atoms with van der Waals surface area (Å²) in [5, 5.41) is 12.3. The predicted molar refractivity (Wildman–Crippen MR) is 80.0 cm³/mol. The highest BCUT2D eigenvalue weighted by Crippen LogP contribution is 2.34. The second-order valence-corrected chi connectivity index (χ2v) is 7.73. The first-order chi connectivity index (χ1) is 10.5. The molecule has 122 valence electrons. The topological polar surface area (TPSA) is 75.8 Å². The van der Waals surface area contributed by atoms with Crippen LogP contribution in [0.1, 0.15) is 10.6 Å². The maximum Gasteiger partial charge on any atom is 0.435 e. The number of alkyl halides is 3. The molecule has 0 aromatic carbocycles. The summed E-state index contributed by atoms with van der Waals surface area (Å²) < 4.78 is 61.9. The molecule has 0 atom stereocenters. The Morgan fingerprint density at radius 1 is 1.43 bits per heavy atom. The lowest BCUT2D eigenvalue weighted by Gasteiger charge is -1.98. The fraction of sp³-hybridized carbons (Fsp3) is 0.231. The Balaban J connectivity index is 2.43. The molecule has 0 aliphatic rings. The van der Waals surface area contributed by atoms with Crippen LogP contribution in [0.4, 0.5) is 13.2 Å². The highest BCUT2D eigenvalue weighted by atomic mass is 32.2. The second-order valence-electron chi connectivity index (χ2n) is 4.63. The molecule has 23 heavy (non-hydrogen) atoms. The number of nitrogens with zero attached hydrogens (tertiary/aromatic N) is 3. The van der Waals surface area contributed by atoms with E-state index < -0.39 is 26.6 Å². The Bertz CT molecular complexity index is 915. The third-order valence-corrected chi connectivity index (χ3v) is 4.90. The minimum Gasteiger partial charge on any atom is -0.267 e. The summed E-state index contributed by atoms with van der Waals surface area (Å²) in [5.41, 5.74) is -0.755. The Morgan fingerprint density at radius 2 is 2.09 bits per heavy atom. The largest absolute Gasteiger partial charge is 0.435 e. The molecule has 0 bridgehead atoms. The van der Waals surface area contributed by atoms with E-state index in [9.17, 15) is 21.6 Å². The third kappa shape index (κ3) is 3.80. The number of aryl methyl sites for hydroxylation is 1. The van der Waals surface area contributed by atoms with Crippen molar-refractivity contribution in [3.8, 4) is 16.6 Å². The average Bonchev–Trinajstić information content (AvgIpc) is 3.00. The minimum absolute atomic E-state index is 0.250. The van der Waals surface area contributed by atoms with Crippen LogP contribution in [0.3, 0.4) is 0 Å². The molecule has 0 saturated carbocycles. The molecular weight excluding hydrogens is 351 g/mol. The van der Waals surface area contributed by atoms with Gasteiger partial charge in [0.15, 0.2) is 15.5 Å². The molecule has 0 aliphatic carbocycles. The lowest BCUT2D eigenvalue weighted by molar-refractivity contribution is -0.141. The summed E-state index contributed by atoms with van der Waals surface area (Å²) in [4.78, 5) is 0.510. The maximum absolute atomic E-state index is 12.7. The smallest absolute Gasteiger partial charge is 0.267 e. The molecule has 2 rings (SSSR count). The Hall–Kier alpha value is -2.12. The van der Waals surface area contributed by atoms with Gasteiger partial charge >= 0.3 is 6.18 Å². The van der Waals surface area contributed by atoms with Crippen LogP contribution in [0, 0.1) is 11.3 Å². The summed E-state index contributed by atoms with van der Waals surface area (Å²) >= 11 is 1.06.